The van der Waals surface area contributed by atoms with Gasteiger partial charge in [0.25, 0.3) is 0 Å². The molecule has 5 aromatic rings. The second kappa shape index (κ2) is 8.41. The van der Waals surface area contributed by atoms with Crippen LogP contribution < -0.4 is 4.74 Å². The summed E-state index contributed by atoms with van der Waals surface area (Å²) in [6.45, 7) is 15.6. The number of nitrogens with zero attached hydrogens (tertiary/aromatic N) is 1. The molecule has 3 aromatic carbocycles. The molecule has 186 valence electrons. The number of methoxy groups -OCH3 is 1. The number of aromatic nitrogens is 1. The average Bonchev–Trinajstić information content (AvgIpc) is 3.41. The van der Waals surface area contributed by atoms with Crippen LogP contribution in [0.1, 0.15) is 58.2 Å². The molecule has 5 rings (SSSR count). The highest BCUT2D eigenvalue weighted by Crippen LogP contribution is 2.45. The summed E-state index contributed by atoms with van der Waals surface area (Å²) in [6, 6.07) is 17.6. The highest BCUT2D eigenvalue weighted by atomic mass is 32.1. The number of rotatable bonds is 3. The summed E-state index contributed by atoms with van der Waals surface area (Å²) in [4.78, 5) is 0. The minimum absolute atomic E-state index is 0.0401. The third-order valence-electron chi connectivity index (χ3n) is 7.11. The van der Waals surface area contributed by atoms with Gasteiger partial charge in [0, 0.05) is 32.7 Å². The monoisotopic (exact) mass is 497 g/mol. The molecule has 0 aliphatic rings. The number of ether oxygens (including phenoxy) is 1. The normalized spacial score (nSPS) is 12.6. The van der Waals surface area contributed by atoms with E-state index in [1.165, 1.54) is 21.9 Å². The molecular weight excluding hydrogens is 462 g/mol. The van der Waals surface area contributed by atoms with Crippen molar-refractivity contribution in [1.82, 2.24) is 4.57 Å². The number of aromatic hydroxyl groups is 1. The SMILES string of the molecule is COc1cscc1-c1cc(C)cc(-n2c3ccc(C(C)(C)C)cc3c3cc(C(C)(C)C)ccc32)c1O. The maximum atomic E-state index is 11.7. The van der Waals surface area contributed by atoms with Crippen molar-refractivity contribution in [1.29, 1.82) is 0 Å². The Labute approximate surface area is 218 Å². The molecule has 0 aliphatic heterocycles. The van der Waals surface area contributed by atoms with Gasteiger partial charge in [0.2, 0.25) is 0 Å². The Hall–Kier alpha value is -3.24. The van der Waals surface area contributed by atoms with Gasteiger partial charge in [0.15, 0.2) is 0 Å². The van der Waals surface area contributed by atoms with Crippen LogP contribution in [-0.4, -0.2) is 16.8 Å². The number of thiophene rings is 1. The zero-order chi connectivity index (χ0) is 26.0. The van der Waals surface area contributed by atoms with Gasteiger partial charge < -0.3 is 14.4 Å². The Morgan fingerprint density at radius 2 is 1.31 bits per heavy atom. The lowest BCUT2D eigenvalue weighted by Crippen LogP contribution is -2.10. The molecule has 0 radical (unpaired) electrons. The van der Waals surface area contributed by atoms with Crippen LogP contribution in [-0.2, 0) is 10.8 Å². The van der Waals surface area contributed by atoms with Crippen molar-refractivity contribution in [3.8, 4) is 28.3 Å². The number of hydrogen-bond donors (Lipinski definition) is 1. The Morgan fingerprint density at radius 1 is 0.750 bits per heavy atom. The minimum Gasteiger partial charge on any atom is -0.505 e. The van der Waals surface area contributed by atoms with Gasteiger partial charge in [-0.05, 0) is 70.8 Å². The second-order valence-corrected chi connectivity index (χ2v) is 12.6. The van der Waals surface area contributed by atoms with Gasteiger partial charge in [-0.25, -0.2) is 0 Å². The van der Waals surface area contributed by atoms with Crippen LogP contribution in [0, 0.1) is 6.92 Å². The highest BCUT2D eigenvalue weighted by Gasteiger charge is 2.23. The Morgan fingerprint density at radius 3 is 1.81 bits per heavy atom. The van der Waals surface area contributed by atoms with Crippen molar-refractivity contribution in [2.24, 2.45) is 0 Å². The summed E-state index contributed by atoms with van der Waals surface area (Å²) in [5.41, 5.74) is 8.42. The van der Waals surface area contributed by atoms with Crippen LogP contribution in [0.5, 0.6) is 11.5 Å². The maximum Gasteiger partial charge on any atom is 0.147 e. The summed E-state index contributed by atoms with van der Waals surface area (Å²) in [5, 5.41) is 18.1. The lowest BCUT2D eigenvalue weighted by atomic mass is 9.85. The zero-order valence-electron chi connectivity index (χ0n) is 22.5. The van der Waals surface area contributed by atoms with Crippen molar-refractivity contribution in [3.63, 3.8) is 0 Å². The molecule has 0 unspecified atom stereocenters. The first-order chi connectivity index (χ1) is 16.9. The molecule has 0 spiro atoms. The molecule has 1 N–H and O–H groups in total. The third-order valence-corrected chi connectivity index (χ3v) is 7.83. The third kappa shape index (κ3) is 3.98. The summed E-state index contributed by atoms with van der Waals surface area (Å²) >= 11 is 1.57. The standard InChI is InChI=1S/C32H35NO2S/c1-19-13-24(25-17-36-18-29(25)35-8)30(34)28(14-19)33-26-11-9-20(31(2,3)4)15-22(26)23-16-21(32(5,6)7)10-12-27(23)33/h9-18,34H,1-8H3. The van der Waals surface area contributed by atoms with Gasteiger partial charge >= 0.3 is 0 Å². The van der Waals surface area contributed by atoms with E-state index in [-0.39, 0.29) is 16.6 Å². The fourth-order valence-electron chi connectivity index (χ4n) is 4.99. The molecule has 0 saturated carbocycles. The molecule has 4 heteroatoms. The molecule has 36 heavy (non-hydrogen) atoms. The fraction of sp³-hybridized carbons (Fsp3) is 0.312. The van der Waals surface area contributed by atoms with E-state index in [2.05, 4.69) is 95.5 Å². The molecule has 2 aromatic heterocycles. The van der Waals surface area contributed by atoms with Crippen molar-refractivity contribution in [3.05, 3.63) is 76.0 Å². The second-order valence-electron chi connectivity index (χ2n) is 11.8. The number of benzene rings is 3. The van der Waals surface area contributed by atoms with E-state index >= 15 is 0 Å². The largest absolute Gasteiger partial charge is 0.505 e. The van der Waals surface area contributed by atoms with Crippen LogP contribution in [0.25, 0.3) is 38.6 Å². The van der Waals surface area contributed by atoms with Crippen molar-refractivity contribution >= 4 is 33.1 Å². The van der Waals surface area contributed by atoms with Gasteiger partial charge in [-0.1, -0.05) is 53.7 Å². The molecule has 0 fully saturated rings. The van der Waals surface area contributed by atoms with Crippen molar-refractivity contribution in [2.45, 2.75) is 59.3 Å². The van der Waals surface area contributed by atoms with E-state index in [4.69, 9.17) is 4.74 Å². The van der Waals surface area contributed by atoms with Gasteiger partial charge in [-0.3, -0.25) is 0 Å². The number of aryl methyl sites for hydroxylation is 1. The summed E-state index contributed by atoms with van der Waals surface area (Å²) in [5.74, 6) is 1.04. The Bertz CT molecular complexity index is 1530. The zero-order valence-corrected chi connectivity index (χ0v) is 23.3. The number of fused-ring (bicyclic) bond motifs is 3. The lowest BCUT2D eigenvalue weighted by Gasteiger charge is -2.19. The highest BCUT2D eigenvalue weighted by molar-refractivity contribution is 7.08. The molecule has 0 bridgehead atoms. The van der Waals surface area contributed by atoms with E-state index in [1.54, 1.807) is 18.4 Å². The van der Waals surface area contributed by atoms with Crippen LogP contribution in [0.4, 0.5) is 0 Å². The molecule has 2 heterocycles. The molecular formula is C32H35NO2S. The molecule has 0 aliphatic carbocycles. The molecule has 0 amide bonds. The first kappa shape index (κ1) is 24.5. The van der Waals surface area contributed by atoms with Crippen LogP contribution >= 0.6 is 11.3 Å². The van der Waals surface area contributed by atoms with Crippen molar-refractivity contribution in [2.75, 3.05) is 7.11 Å². The predicted molar refractivity (Wildman–Crippen MR) is 154 cm³/mol. The topological polar surface area (TPSA) is 34.4 Å². The lowest BCUT2D eigenvalue weighted by molar-refractivity contribution is 0.417. The van der Waals surface area contributed by atoms with Gasteiger partial charge in [0.1, 0.15) is 11.5 Å². The van der Waals surface area contributed by atoms with Gasteiger partial charge in [-0.2, -0.15) is 0 Å². The molecule has 0 atom stereocenters. The van der Waals surface area contributed by atoms with Crippen LogP contribution in [0.3, 0.4) is 0 Å². The van der Waals surface area contributed by atoms with Crippen molar-refractivity contribution < 1.29 is 9.84 Å². The summed E-state index contributed by atoms with van der Waals surface area (Å²) < 4.78 is 7.80. The minimum atomic E-state index is 0.0401. The average molecular weight is 498 g/mol. The van der Waals surface area contributed by atoms with E-state index < -0.39 is 0 Å². The first-order valence-electron chi connectivity index (χ1n) is 12.4. The van der Waals surface area contributed by atoms with E-state index in [9.17, 15) is 5.11 Å². The number of phenolic OH excluding ortho intramolecular Hbond substituents is 1. The predicted octanol–water partition coefficient (Wildman–Crippen LogP) is 9.13. The smallest absolute Gasteiger partial charge is 0.147 e. The fourth-order valence-corrected chi connectivity index (χ4v) is 5.79. The van der Waals surface area contributed by atoms with E-state index in [0.717, 1.165) is 39.2 Å². The van der Waals surface area contributed by atoms with Gasteiger partial charge in [0.05, 0.1) is 23.8 Å². The summed E-state index contributed by atoms with van der Waals surface area (Å²) in [6.07, 6.45) is 0. The van der Waals surface area contributed by atoms with E-state index in [0.29, 0.717) is 0 Å². The maximum absolute atomic E-state index is 11.7. The quantitative estimate of drug-likeness (QED) is 0.270. The van der Waals surface area contributed by atoms with Gasteiger partial charge in [-0.15, -0.1) is 11.3 Å². The Balaban J connectivity index is 1.88. The number of phenols is 1. The summed E-state index contributed by atoms with van der Waals surface area (Å²) in [7, 11) is 1.67. The van der Waals surface area contributed by atoms with E-state index in [1.807, 2.05) is 16.8 Å². The first-order valence-corrected chi connectivity index (χ1v) is 13.4. The number of hydrogen-bond acceptors (Lipinski definition) is 3. The molecule has 0 saturated heterocycles. The molecule has 3 nitrogen and oxygen atoms in total. The van der Waals surface area contributed by atoms with Crippen LogP contribution in [0.15, 0.2) is 59.3 Å². The Kier molecular flexibility index (Phi) is 5.72. The van der Waals surface area contributed by atoms with Crippen LogP contribution in [0.2, 0.25) is 0 Å².